The van der Waals surface area contributed by atoms with E-state index in [1.54, 1.807) is 13.0 Å². The lowest BCUT2D eigenvalue weighted by Gasteiger charge is -2.32. The third-order valence-corrected chi connectivity index (χ3v) is 8.86. The molecule has 2 fully saturated rings. The number of anilines is 1. The average Bonchev–Trinajstić information content (AvgIpc) is 2.89. The molecule has 4 rings (SSSR count). The van der Waals surface area contributed by atoms with E-state index in [4.69, 9.17) is 10.00 Å². The highest BCUT2D eigenvalue weighted by Crippen LogP contribution is 2.37. The minimum absolute atomic E-state index is 0.0315. The van der Waals surface area contributed by atoms with Crippen molar-refractivity contribution in [1.29, 1.82) is 5.26 Å². The maximum Gasteiger partial charge on any atom is 0.417 e. The lowest BCUT2D eigenvalue weighted by molar-refractivity contribution is -0.139. The molecular formula is C24H27F4N5O4S. The van der Waals surface area contributed by atoms with Gasteiger partial charge >= 0.3 is 6.18 Å². The predicted molar refractivity (Wildman–Crippen MR) is 129 cm³/mol. The summed E-state index contributed by atoms with van der Waals surface area (Å²) in [5.41, 5.74) is -2.82. The van der Waals surface area contributed by atoms with Gasteiger partial charge in [0.25, 0.3) is 5.56 Å². The molecule has 0 spiro atoms. The van der Waals surface area contributed by atoms with Gasteiger partial charge in [0, 0.05) is 25.3 Å². The van der Waals surface area contributed by atoms with Crippen LogP contribution in [0.1, 0.15) is 48.4 Å². The second-order valence-corrected chi connectivity index (χ2v) is 11.5. The van der Waals surface area contributed by atoms with Crippen molar-refractivity contribution < 1.29 is 30.7 Å². The first kappa shape index (κ1) is 28.0. The standard InChI is InChI=1S/C24H27F4N5O4S/c1-16-20(30-14-23(25)7-2-10-37-15-23)13-31-33(22(16)34)18-5-8-32(9-6-18)38(35,36)21-11-17(12-29)3-4-19(21)24(26,27)28/h3-4,11,13,18,30H,2,5-10,14-15H2,1H3/t23-/m0/s1. The van der Waals surface area contributed by atoms with Gasteiger partial charge in [-0.25, -0.2) is 17.5 Å². The van der Waals surface area contributed by atoms with Gasteiger partial charge in [0.1, 0.15) is 0 Å². The molecule has 1 atom stereocenters. The molecule has 2 aromatic rings. The summed E-state index contributed by atoms with van der Waals surface area (Å²) < 4.78 is 89.0. The van der Waals surface area contributed by atoms with Gasteiger partial charge in [0.2, 0.25) is 10.0 Å². The third-order valence-electron chi connectivity index (χ3n) is 6.92. The summed E-state index contributed by atoms with van der Waals surface area (Å²) in [4.78, 5) is 12.0. The van der Waals surface area contributed by atoms with E-state index >= 15 is 0 Å². The van der Waals surface area contributed by atoms with Crippen LogP contribution in [-0.2, 0) is 20.9 Å². The number of ether oxygens (including phenoxy) is 1. The normalized spacial score (nSPS) is 21.7. The van der Waals surface area contributed by atoms with Crippen LogP contribution in [0, 0.1) is 18.3 Å². The average molecular weight is 558 g/mol. The molecule has 1 aromatic heterocycles. The fraction of sp³-hybridized carbons (Fsp3) is 0.542. The van der Waals surface area contributed by atoms with Crippen LogP contribution in [-0.4, -0.2) is 61.0 Å². The van der Waals surface area contributed by atoms with Crippen molar-refractivity contribution in [2.75, 3.05) is 38.2 Å². The zero-order chi connectivity index (χ0) is 27.7. The second kappa shape index (κ2) is 10.6. The maximum absolute atomic E-state index is 14.8. The van der Waals surface area contributed by atoms with Crippen molar-refractivity contribution in [1.82, 2.24) is 14.1 Å². The zero-order valence-corrected chi connectivity index (χ0v) is 21.4. The number of hydrogen-bond acceptors (Lipinski definition) is 7. The summed E-state index contributed by atoms with van der Waals surface area (Å²) in [6.07, 6.45) is -2.28. The van der Waals surface area contributed by atoms with E-state index in [9.17, 15) is 30.8 Å². The smallest absolute Gasteiger partial charge is 0.380 e. The molecule has 0 unspecified atom stereocenters. The molecule has 0 saturated carbocycles. The summed E-state index contributed by atoms with van der Waals surface area (Å²) in [5.74, 6) is 0. The number of nitrogens with one attached hydrogen (secondary N) is 1. The van der Waals surface area contributed by atoms with Gasteiger partial charge < -0.3 is 10.1 Å². The molecule has 0 aliphatic carbocycles. The summed E-state index contributed by atoms with van der Waals surface area (Å²) in [6, 6.07) is 3.43. The van der Waals surface area contributed by atoms with Gasteiger partial charge in [0.05, 0.1) is 53.2 Å². The highest BCUT2D eigenvalue weighted by atomic mass is 32.2. The maximum atomic E-state index is 14.8. The SMILES string of the molecule is Cc1c(NC[C@@]2(F)CCCOC2)cnn(C2CCN(S(=O)(=O)c3cc(C#N)ccc3C(F)(F)F)CC2)c1=O. The Morgan fingerprint density at radius 2 is 2.00 bits per heavy atom. The molecule has 2 saturated heterocycles. The van der Waals surface area contributed by atoms with E-state index in [0.717, 1.165) is 16.4 Å². The molecule has 0 bridgehead atoms. The van der Waals surface area contributed by atoms with Crippen LogP contribution < -0.4 is 10.9 Å². The number of piperidine rings is 1. The van der Waals surface area contributed by atoms with Gasteiger partial charge in [-0.15, -0.1) is 0 Å². The number of hydrogen-bond donors (Lipinski definition) is 1. The van der Waals surface area contributed by atoms with Gasteiger partial charge in [0.15, 0.2) is 5.67 Å². The van der Waals surface area contributed by atoms with Crippen LogP contribution in [0.5, 0.6) is 0 Å². The third kappa shape index (κ3) is 5.69. The highest BCUT2D eigenvalue weighted by molar-refractivity contribution is 7.89. The van der Waals surface area contributed by atoms with Gasteiger partial charge in [-0.3, -0.25) is 4.79 Å². The Kier molecular flexibility index (Phi) is 7.83. The monoisotopic (exact) mass is 557 g/mol. The van der Waals surface area contributed by atoms with Crippen molar-refractivity contribution in [3.63, 3.8) is 0 Å². The lowest BCUT2D eigenvalue weighted by Crippen LogP contribution is -2.42. The fourth-order valence-corrected chi connectivity index (χ4v) is 6.42. The Morgan fingerprint density at radius 3 is 2.61 bits per heavy atom. The molecule has 0 radical (unpaired) electrons. The molecule has 2 aliphatic heterocycles. The summed E-state index contributed by atoms with van der Waals surface area (Å²) in [5, 5.41) is 16.2. The number of rotatable bonds is 6. The van der Waals surface area contributed by atoms with Crippen molar-refractivity contribution >= 4 is 15.7 Å². The molecule has 38 heavy (non-hydrogen) atoms. The molecule has 2 aliphatic rings. The zero-order valence-electron chi connectivity index (χ0n) is 20.6. The minimum Gasteiger partial charge on any atom is -0.380 e. The lowest BCUT2D eigenvalue weighted by atomic mass is 9.98. The van der Waals surface area contributed by atoms with E-state index in [1.165, 1.54) is 10.9 Å². The number of sulfonamides is 1. The summed E-state index contributed by atoms with van der Waals surface area (Å²) in [7, 11) is -4.56. The van der Waals surface area contributed by atoms with Crippen LogP contribution in [0.2, 0.25) is 0 Å². The minimum atomic E-state index is -4.93. The molecule has 1 N–H and O–H groups in total. The fourth-order valence-electron chi connectivity index (χ4n) is 4.71. The number of benzene rings is 1. The van der Waals surface area contributed by atoms with Crippen LogP contribution in [0.15, 0.2) is 34.1 Å². The number of alkyl halides is 4. The first-order valence-corrected chi connectivity index (χ1v) is 13.5. The van der Waals surface area contributed by atoms with Crippen LogP contribution >= 0.6 is 0 Å². The molecule has 1 aromatic carbocycles. The number of nitrogens with zero attached hydrogens (tertiary/aromatic N) is 4. The molecule has 0 amide bonds. The first-order valence-electron chi connectivity index (χ1n) is 12.1. The topological polar surface area (TPSA) is 117 Å². The van der Waals surface area contributed by atoms with Crippen LogP contribution in [0.25, 0.3) is 0 Å². The molecule has 206 valence electrons. The number of halogens is 4. The van der Waals surface area contributed by atoms with Crippen LogP contribution in [0.4, 0.5) is 23.2 Å². The Bertz CT molecular complexity index is 1390. The van der Waals surface area contributed by atoms with Gasteiger partial charge in [-0.2, -0.15) is 27.8 Å². The molecule has 3 heterocycles. The Labute approximate surface area is 217 Å². The van der Waals surface area contributed by atoms with Crippen molar-refractivity contribution in [3.05, 3.63) is 51.4 Å². The molecule has 9 nitrogen and oxygen atoms in total. The number of nitriles is 1. The molecular weight excluding hydrogens is 530 g/mol. The Morgan fingerprint density at radius 1 is 1.29 bits per heavy atom. The van der Waals surface area contributed by atoms with Crippen LogP contribution in [0.3, 0.4) is 0 Å². The van der Waals surface area contributed by atoms with E-state index in [0.29, 0.717) is 36.8 Å². The van der Waals surface area contributed by atoms with Gasteiger partial charge in [-0.1, -0.05) is 0 Å². The summed E-state index contributed by atoms with van der Waals surface area (Å²) >= 11 is 0. The molecule has 14 heteroatoms. The highest BCUT2D eigenvalue weighted by Gasteiger charge is 2.40. The Hall–Kier alpha value is -3.02. The second-order valence-electron chi connectivity index (χ2n) is 9.55. The van der Waals surface area contributed by atoms with Crippen molar-refractivity contribution in [2.45, 2.75) is 55.4 Å². The summed E-state index contributed by atoms with van der Waals surface area (Å²) in [6.45, 7) is 1.74. The van der Waals surface area contributed by atoms with Crippen molar-refractivity contribution in [2.24, 2.45) is 0 Å². The predicted octanol–water partition coefficient (Wildman–Crippen LogP) is 3.40. The largest absolute Gasteiger partial charge is 0.417 e. The Balaban J connectivity index is 1.48. The van der Waals surface area contributed by atoms with E-state index < -0.39 is 43.9 Å². The number of aromatic nitrogens is 2. The van der Waals surface area contributed by atoms with Gasteiger partial charge in [-0.05, 0) is 50.8 Å². The van der Waals surface area contributed by atoms with E-state index in [-0.39, 0.29) is 44.6 Å². The quantitative estimate of drug-likeness (QED) is 0.541. The van der Waals surface area contributed by atoms with E-state index in [1.807, 2.05) is 0 Å². The van der Waals surface area contributed by atoms with Crippen molar-refractivity contribution in [3.8, 4) is 6.07 Å². The first-order chi connectivity index (χ1) is 17.9. The van der Waals surface area contributed by atoms with E-state index in [2.05, 4.69) is 10.4 Å².